The van der Waals surface area contributed by atoms with E-state index in [1.54, 1.807) is 0 Å². The molecule has 8 heteroatoms. The highest BCUT2D eigenvalue weighted by atomic mass is 79.9. The van der Waals surface area contributed by atoms with E-state index in [1.165, 1.54) is 75.3 Å². The summed E-state index contributed by atoms with van der Waals surface area (Å²) in [6.07, 6.45) is 14.6. The summed E-state index contributed by atoms with van der Waals surface area (Å²) in [4.78, 5) is 31.7. The fourth-order valence-corrected chi connectivity index (χ4v) is 9.04. The highest BCUT2D eigenvalue weighted by Crippen LogP contribution is 2.56. The molecule has 0 aliphatic carbocycles. The molecular weight excluding hydrogens is 680 g/mol. The summed E-state index contributed by atoms with van der Waals surface area (Å²) < 4.78 is 0. The van der Waals surface area contributed by atoms with E-state index in [2.05, 4.69) is 105 Å². The molecule has 2 aromatic rings. The Kier molecular flexibility index (Phi) is 11.2. The van der Waals surface area contributed by atoms with Crippen molar-refractivity contribution in [3.05, 3.63) is 81.9 Å². The first kappa shape index (κ1) is 33.1. The van der Waals surface area contributed by atoms with Crippen molar-refractivity contribution in [3.8, 4) is 0 Å². The van der Waals surface area contributed by atoms with Gasteiger partial charge >= 0.3 is 12.1 Å². The predicted molar refractivity (Wildman–Crippen MR) is 186 cm³/mol. The molecular formula is C36H48Br2N4O2. The number of carbonyl (C=O) groups is 2. The lowest BCUT2D eigenvalue weighted by molar-refractivity contribution is -0.0222. The Labute approximate surface area is 280 Å². The average Bonchev–Trinajstić information content (AvgIpc) is 3.45. The van der Waals surface area contributed by atoms with E-state index in [0.29, 0.717) is 23.7 Å². The van der Waals surface area contributed by atoms with Crippen molar-refractivity contribution < 1.29 is 9.59 Å². The second kappa shape index (κ2) is 14.8. The second-order valence-corrected chi connectivity index (χ2v) is 13.8. The van der Waals surface area contributed by atoms with Gasteiger partial charge in [0, 0.05) is 34.9 Å². The first-order valence-electron chi connectivity index (χ1n) is 16.6. The Morgan fingerprint density at radius 1 is 0.659 bits per heavy atom. The number of carbonyl (C=O) groups excluding carboxylic acids is 2. The molecule has 0 radical (unpaired) electrons. The van der Waals surface area contributed by atoms with Crippen LogP contribution < -0.4 is 10.6 Å². The van der Waals surface area contributed by atoms with E-state index in [9.17, 15) is 9.59 Å². The molecule has 0 spiro atoms. The van der Waals surface area contributed by atoms with Crippen LogP contribution in [-0.4, -0.2) is 45.6 Å². The number of nitrogens with zero attached hydrogens (tertiary/aromatic N) is 2. The molecule has 44 heavy (non-hydrogen) atoms. The average molecular weight is 729 g/mol. The van der Waals surface area contributed by atoms with Gasteiger partial charge in [-0.1, -0.05) is 146 Å². The van der Waals surface area contributed by atoms with Gasteiger partial charge in [-0.2, -0.15) is 0 Å². The van der Waals surface area contributed by atoms with Crippen LogP contribution in [0.2, 0.25) is 0 Å². The molecule has 3 aliphatic rings. The molecule has 6 nitrogen and oxygen atoms in total. The van der Waals surface area contributed by atoms with Gasteiger partial charge in [0.1, 0.15) is 0 Å². The van der Waals surface area contributed by atoms with Crippen molar-refractivity contribution in [3.63, 3.8) is 0 Å². The molecule has 0 saturated carbocycles. The first-order chi connectivity index (χ1) is 21.4. The van der Waals surface area contributed by atoms with Crippen molar-refractivity contribution in [2.24, 2.45) is 0 Å². The number of hydrogen-bond acceptors (Lipinski definition) is 2. The summed E-state index contributed by atoms with van der Waals surface area (Å²) >= 11 is 7.25. The number of urea groups is 2. The SMILES string of the molecule is CCCCCCCc1ccc(C23NC(=O)N4CC(=C(CBr)CBr)CN(C(=O)N2)C43c2ccc(CCCCCCC)cc2)cc1. The lowest BCUT2D eigenvalue weighted by Crippen LogP contribution is -2.65. The van der Waals surface area contributed by atoms with E-state index < -0.39 is 11.3 Å². The number of nitrogens with one attached hydrogen (secondary N) is 2. The minimum atomic E-state index is -1.11. The van der Waals surface area contributed by atoms with Gasteiger partial charge in [0.15, 0.2) is 11.3 Å². The normalized spacial score (nSPS) is 22.3. The van der Waals surface area contributed by atoms with E-state index in [1.807, 2.05) is 9.80 Å². The van der Waals surface area contributed by atoms with Crippen LogP contribution in [-0.2, 0) is 24.2 Å². The Morgan fingerprint density at radius 3 is 1.52 bits per heavy atom. The molecule has 5 rings (SSSR count). The fraction of sp³-hybridized carbons (Fsp3) is 0.556. The quantitative estimate of drug-likeness (QED) is 0.103. The zero-order valence-corrected chi connectivity index (χ0v) is 29.6. The second-order valence-electron chi connectivity index (χ2n) is 12.7. The number of hydrogen-bond donors (Lipinski definition) is 2. The Bertz CT molecular complexity index is 1290. The third kappa shape index (κ3) is 6.10. The maximum atomic E-state index is 14.0. The molecule has 2 N–H and O–H groups in total. The molecule has 3 aliphatic heterocycles. The molecule has 3 heterocycles. The van der Waals surface area contributed by atoms with Gasteiger partial charge in [-0.15, -0.1) is 0 Å². The zero-order chi connectivity index (χ0) is 31.2. The molecule has 238 valence electrons. The maximum Gasteiger partial charge on any atom is 0.322 e. The van der Waals surface area contributed by atoms with Gasteiger partial charge in [-0.25, -0.2) is 9.59 Å². The number of aryl methyl sites for hydroxylation is 2. The van der Waals surface area contributed by atoms with Gasteiger partial charge in [0.2, 0.25) is 0 Å². The topological polar surface area (TPSA) is 64.7 Å². The van der Waals surface area contributed by atoms with Crippen molar-refractivity contribution in [1.29, 1.82) is 0 Å². The van der Waals surface area contributed by atoms with Crippen LogP contribution in [0.3, 0.4) is 0 Å². The van der Waals surface area contributed by atoms with Crippen molar-refractivity contribution in [1.82, 2.24) is 20.4 Å². The minimum absolute atomic E-state index is 0.171. The Hall–Kier alpha value is -2.32. The van der Waals surface area contributed by atoms with E-state index in [0.717, 1.165) is 35.1 Å². The summed E-state index contributed by atoms with van der Waals surface area (Å²) in [5.74, 6) is 0. The van der Waals surface area contributed by atoms with Crippen LogP contribution in [0.4, 0.5) is 9.59 Å². The third-order valence-corrected chi connectivity index (χ3v) is 11.1. The summed E-state index contributed by atoms with van der Waals surface area (Å²) in [6.45, 7) is 5.40. The fourth-order valence-electron chi connectivity index (χ4n) is 7.32. The molecule has 4 amide bonds. The van der Waals surface area contributed by atoms with Gasteiger partial charge in [-0.3, -0.25) is 9.80 Å². The molecule has 0 aromatic heterocycles. The molecule has 0 bridgehead atoms. The van der Waals surface area contributed by atoms with Gasteiger partial charge < -0.3 is 10.6 Å². The molecule has 2 aromatic carbocycles. The van der Waals surface area contributed by atoms with Crippen LogP contribution >= 0.6 is 31.9 Å². The smallest absolute Gasteiger partial charge is 0.307 e. The predicted octanol–water partition coefficient (Wildman–Crippen LogP) is 8.87. The number of allylic oxidation sites excluding steroid dienone is 1. The van der Waals surface area contributed by atoms with Crippen LogP contribution in [0.1, 0.15) is 100 Å². The van der Waals surface area contributed by atoms with Crippen LogP contribution in [0.25, 0.3) is 0 Å². The number of alkyl halides is 2. The van der Waals surface area contributed by atoms with Crippen LogP contribution in [0.5, 0.6) is 0 Å². The first-order valence-corrected chi connectivity index (χ1v) is 18.9. The highest BCUT2D eigenvalue weighted by molar-refractivity contribution is 9.10. The van der Waals surface area contributed by atoms with E-state index in [4.69, 9.17) is 0 Å². The monoisotopic (exact) mass is 726 g/mol. The lowest BCUT2D eigenvalue weighted by atomic mass is 9.79. The Morgan fingerprint density at radius 2 is 1.09 bits per heavy atom. The third-order valence-electron chi connectivity index (χ3n) is 9.79. The number of halogens is 2. The molecule has 0 atom stereocenters. The molecule has 0 unspecified atom stereocenters. The minimum Gasteiger partial charge on any atom is -0.307 e. The highest BCUT2D eigenvalue weighted by Gasteiger charge is 2.75. The van der Waals surface area contributed by atoms with E-state index >= 15 is 0 Å². The van der Waals surface area contributed by atoms with Gasteiger partial charge in [-0.05, 0) is 48.0 Å². The van der Waals surface area contributed by atoms with E-state index in [-0.39, 0.29) is 12.1 Å². The van der Waals surface area contributed by atoms with Gasteiger partial charge in [0.25, 0.3) is 0 Å². The van der Waals surface area contributed by atoms with Gasteiger partial charge in [0.05, 0.1) is 0 Å². The molecule has 3 saturated heterocycles. The number of rotatable bonds is 16. The summed E-state index contributed by atoms with van der Waals surface area (Å²) in [7, 11) is 0. The zero-order valence-electron chi connectivity index (χ0n) is 26.4. The summed E-state index contributed by atoms with van der Waals surface area (Å²) in [6, 6.07) is 16.9. The van der Waals surface area contributed by atoms with Crippen molar-refractivity contribution in [2.45, 2.75) is 102 Å². The summed E-state index contributed by atoms with van der Waals surface area (Å²) in [5, 5.41) is 7.98. The van der Waals surface area contributed by atoms with Crippen LogP contribution in [0, 0.1) is 0 Å². The van der Waals surface area contributed by atoms with Crippen molar-refractivity contribution in [2.75, 3.05) is 23.7 Å². The standard InChI is InChI=1S/C36H48Br2N4O2/c1-3-5-7-9-11-13-27-15-19-31(20-16-27)35-36(32-21-17-28(18-22-32)14-12-10-8-6-4-2)41(33(43)39-35)25-30(29(23-37)24-38)26-42(36)34(44)40-35/h15-22H,3-14,23-26H2,1-2H3,(H,39,43)(H,40,44). The molecule has 3 fully saturated rings. The largest absolute Gasteiger partial charge is 0.322 e. The summed E-state index contributed by atoms with van der Waals surface area (Å²) in [5.41, 5.74) is 4.52. The Balaban J connectivity index is 1.51. The van der Waals surface area contributed by atoms with Crippen LogP contribution in [0.15, 0.2) is 59.7 Å². The number of benzene rings is 2. The number of unbranched alkanes of at least 4 members (excludes halogenated alkanes) is 8. The number of amides is 4. The maximum absolute atomic E-state index is 14.0. The van der Waals surface area contributed by atoms with Crippen molar-refractivity contribution >= 4 is 43.9 Å². The lowest BCUT2D eigenvalue weighted by Gasteiger charge is -2.50.